The molecule has 0 saturated heterocycles. The summed E-state index contributed by atoms with van der Waals surface area (Å²) in [7, 11) is -2.24. The Morgan fingerprint density at radius 1 is 1.08 bits per heavy atom. The average Bonchev–Trinajstić information content (AvgIpc) is 2.62. The predicted molar refractivity (Wildman–Crippen MR) is 90.6 cm³/mol. The normalized spacial score (nSPS) is 13.4. The van der Waals surface area contributed by atoms with Gasteiger partial charge in [0.25, 0.3) is 10.0 Å². The summed E-state index contributed by atoms with van der Waals surface area (Å²) in [5.74, 6) is 1.50. The number of hydrogen-bond acceptors (Lipinski definition) is 5. The molecule has 2 aromatic rings. The molecule has 24 heavy (non-hydrogen) atoms. The van der Waals surface area contributed by atoms with Crippen LogP contribution in [0.25, 0.3) is 0 Å². The van der Waals surface area contributed by atoms with Gasteiger partial charge in [0.2, 0.25) is 0 Å². The Hall–Kier alpha value is -2.41. The number of benzene rings is 2. The van der Waals surface area contributed by atoms with Gasteiger partial charge in [-0.2, -0.15) is 0 Å². The van der Waals surface area contributed by atoms with Crippen molar-refractivity contribution in [3.63, 3.8) is 0 Å². The van der Waals surface area contributed by atoms with Crippen molar-refractivity contribution in [3.8, 4) is 17.2 Å². The maximum absolute atomic E-state index is 13.1. The molecular formula is C17H19NO5S. The number of rotatable bonds is 5. The van der Waals surface area contributed by atoms with Crippen molar-refractivity contribution >= 4 is 15.7 Å². The van der Waals surface area contributed by atoms with Crippen LogP contribution in [0.1, 0.15) is 6.92 Å². The van der Waals surface area contributed by atoms with Crippen LogP contribution < -0.4 is 18.5 Å². The molecule has 0 amide bonds. The molecule has 0 atom stereocenters. The topological polar surface area (TPSA) is 65.1 Å². The SMILES string of the molecule is CCN(c1ccccc1OC)S(=O)(=O)c1ccc2c(c1)OCCO2. The highest BCUT2D eigenvalue weighted by atomic mass is 32.2. The molecule has 0 aromatic heterocycles. The summed E-state index contributed by atoms with van der Waals surface area (Å²) in [5, 5.41) is 0. The van der Waals surface area contributed by atoms with E-state index >= 15 is 0 Å². The van der Waals surface area contributed by atoms with Crippen molar-refractivity contribution in [2.75, 3.05) is 31.2 Å². The molecule has 0 aliphatic carbocycles. The second kappa shape index (κ2) is 6.60. The minimum absolute atomic E-state index is 0.152. The Morgan fingerprint density at radius 3 is 2.50 bits per heavy atom. The van der Waals surface area contributed by atoms with E-state index in [2.05, 4.69) is 0 Å². The van der Waals surface area contributed by atoms with Crippen LogP contribution in [-0.4, -0.2) is 35.3 Å². The van der Waals surface area contributed by atoms with Crippen LogP contribution in [0.2, 0.25) is 0 Å². The molecule has 128 valence electrons. The third-order valence-corrected chi connectivity index (χ3v) is 5.63. The monoisotopic (exact) mass is 349 g/mol. The lowest BCUT2D eigenvalue weighted by Crippen LogP contribution is -2.31. The van der Waals surface area contributed by atoms with Crippen LogP contribution in [0.3, 0.4) is 0 Å². The van der Waals surface area contributed by atoms with Gasteiger partial charge < -0.3 is 14.2 Å². The van der Waals surface area contributed by atoms with Gasteiger partial charge in [-0.05, 0) is 31.2 Å². The zero-order valence-corrected chi connectivity index (χ0v) is 14.4. The molecule has 0 N–H and O–H groups in total. The minimum atomic E-state index is -3.75. The number of methoxy groups -OCH3 is 1. The van der Waals surface area contributed by atoms with Gasteiger partial charge in [0, 0.05) is 12.6 Å². The fourth-order valence-corrected chi connectivity index (χ4v) is 4.12. The van der Waals surface area contributed by atoms with Crippen LogP contribution in [0, 0.1) is 0 Å². The zero-order chi connectivity index (χ0) is 17.2. The summed E-state index contributed by atoms with van der Waals surface area (Å²) in [6, 6.07) is 11.7. The summed E-state index contributed by atoms with van der Waals surface area (Å²) in [5.41, 5.74) is 0.498. The van der Waals surface area contributed by atoms with Crippen LogP contribution in [-0.2, 0) is 10.0 Å². The van der Waals surface area contributed by atoms with Crippen LogP contribution >= 0.6 is 0 Å². The highest BCUT2D eigenvalue weighted by Crippen LogP contribution is 2.36. The van der Waals surface area contributed by atoms with Gasteiger partial charge in [-0.1, -0.05) is 12.1 Å². The molecule has 0 saturated carbocycles. The van der Waals surface area contributed by atoms with E-state index in [4.69, 9.17) is 14.2 Å². The first-order valence-corrected chi connectivity index (χ1v) is 9.07. The molecule has 1 heterocycles. The second-order valence-electron chi connectivity index (χ2n) is 5.15. The number of anilines is 1. The van der Waals surface area contributed by atoms with E-state index in [0.29, 0.717) is 36.1 Å². The van der Waals surface area contributed by atoms with E-state index in [1.807, 2.05) is 0 Å². The minimum Gasteiger partial charge on any atom is -0.495 e. The summed E-state index contributed by atoms with van der Waals surface area (Å²) < 4.78 is 43.7. The van der Waals surface area contributed by atoms with Crippen LogP contribution in [0.15, 0.2) is 47.4 Å². The van der Waals surface area contributed by atoms with Crippen molar-refractivity contribution < 1.29 is 22.6 Å². The Morgan fingerprint density at radius 2 is 1.79 bits per heavy atom. The van der Waals surface area contributed by atoms with E-state index in [-0.39, 0.29) is 11.4 Å². The molecule has 6 nitrogen and oxygen atoms in total. The standard InChI is InChI=1S/C17H19NO5S/c1-3-18(14-6-4-5-7-15(14)21-2)24(19,20)13-8-9-16-17(12-13)23-11-10-22-16/h4-9,12H,3,10-11H2,1-2H3. The maximum atomic E-state index is 13.1. The Balaban J connectivity index is 2.05. The number of sulfonamides is 1. The molecule has 0 bridgehead atoms. The molecule has 3 rings (SSSR count). The van der Waals surface area contributed by atoms with Crippen molar-refractivity contribution in [2.24, 2.45) is 0 Å². The summed E-state index contributed by atoms with van der Waals surface area (Å²) in [4.78, 5) is 0.152. The predicted octanol–water partition coefficient (Wildman–Crippen LogP) is 2.68. The van der Waals surface area contributed by atoms with Crippen LogP contribution in [0.5, 0.6) is 17.2 Å². The summed E-state index contributed by atoms with van der Waals surface area (Å²) in [6.07, 6.45) is 0. The Labute approximate surface area is 141 Å². The molecule has 1 aliphatic heterocycles. The van der Waals surface area contributed by atoms with Gasteiger partial charge in [-0.3, -0.25) is 4.31 Å². The molecule has 0 fully saturated rings. The first-order valence-electron chi connectivity index (χ1n) is 7.63. The van der Waals surface area contributed by atoms with Gasteiger partial charge in [-0.25, -0.2) is 8.42 Å². The van der Waals surface area contributed by atoms with Crippen LogP contribution in [0.4, 0.5) is 5.69 Å². The zero-order valence-electron chi connectivity index (χ0n) is 13.6. The first kappa shape index (κ1) is 16.4. The molecule has 1 aliphatic rings. The highest BCUT2D eigenvalue weighted by molar-refractivity contribution is 7.92. The Kier molecular flexibility index (Phi) is 4.53. The summed E-state index contributed by atoms with van der Waals surface area (Å²) in [6.45, 7) is 2.92. The smallest absolute Gasteiger partial charge is 0.264 e. The van der Waals surface area contributed by atoms with E-state index < -0.39 is 10.0 Å². The first-order chi connectivity index (χ1) is 11.6. The van der Waals surface area contributed by atoms with E-state index in [1.54, 1.807) is 37.3 Å². The van der Waals surface area contributed by atoms with Gasteiger partial charge in [0.1, 0.15) is 19.0 Å². The van der Waals surface area contributed by atoms with Crippen molar-refractivity contribution in [1.82, 2.24) is 0 Å². The molecule has 0 radical (unpaired) electrons. The van der Waals surface area contributed by atoms with Crippen molar-refractivity contribution in [3.05, 3.63) is 42.5 Å². The van der Waals surface area contributed by atoms with Crippen molar-refractivity contribution in [2.45, 2.75) is 11.8 Å². The van der Waals surface area contributed by atoms with Crippen molar-refractivity contribution in [1.29, 1.82) is 0 Å². The molecule has 7 heteroatoms. The van der Waals surface area contributed by atoms with Gasteiger partial charge in [0.05, 0.1) is 17.7 Å². The quantitative estimate of drug-likeness (QED) is 0.830. The number of para-hydroxylation sites is 2. The average molecular weight is 349 g/mol. The van der Waals surface area contributed by atoms with Gasteiger partial charge in [0.15, 0.2) is 11.5 Å². The lowest BCUT2D eigenvalue weighted by Gasteiger charge is -2.25. The van der Waals surface area contributed by atoms with Gasteiger partial charge in [-0.15, -0.1) is 0 Å². The van der Waals surface area contributed by atoms with E-state index in [0.717, 1.165) is 0 Å². The number of ether oxygens (including phenoxy) is 3. The molecule has 0 spiro atoms. The highest BCUT2D eigenvalue weighted by Gasteiger charge is 2.27. The fourth-order valence-electron chi connectivity index (χ4n) is 2.62. The maximum Gasteiger partial charge on any atom is 0.264 e. The number of hydrogen-bond donors (Lipinski definition) is 0. The number of nitrogens with zero attached hydrogens (tertiary/aromatic N) is 1. The van der Waals surface area contributed by atoms with E-state index in [1.165, 1.54) is 23.5 Å². The lowest BCUT2D eigenvalue weighted by atomic mass is 10.3. The largest absolute Gasteiger partial charge is 0.495 e. The molecule has 2 aromatic carbocycles. The summed E-state index contributed by atoms with van der Waals surface area (Å²) >= 11 is 0. The third kappa shape index (κ3) is 2.87. The third-order valence-electron chi connectivity index (χ3n) is 3.74. The lowest BCUT2D eigenvalue weighted by molar-refractivity contribution is 0.171. The number of fused-ring (bicyclic) bond motifs is 1. The molecule has 0 unspecified atom stereocenters. The Bertz CT molecular complexity index is 835. The second-order valence-corrected chi connectivity index (χ2v) is 7.01. The van der Waals surface area contributed by atoms with Gasteiger partial charge >= 0.3 is 0 Å². The molecular weight excluding hydrogens is 330 g/mol. The fraction of sp³-hybridized carbons (Fsp3) is 0.294. The van der Waals surface area contributed by atoms with E-state index in [9.17, 15) is 8.42 Å².